The number of nitrogens with zero attached hydrogens (tertiary/aromatic N) is 2. The van der Waals surface area contributed by atoms with Gasteiger partial charge in [0.25, 0.3) is 0 Å². The number of amides is 5. The molecular formula is C30H50N6O7S. The number of ether oxygens (including phenoxy) is 1. The first-order chi connectivity index (χ1) is 20.4. The molecule has 3 aliphatic rings. The summed E-state index contributed by atoms with van der Waals surface area (Å²) >= 11 is 1.11. The molecule has 0 aromatic heterocycles. The van der Waals surface area contributed by atoms with Gasteiger partial charge in [-0.25, -0.2) is 0 Å². The van der Waals surface area contributed by atoms with Crippen molar-refractivity contribution < 1.29 is 33.5 Å². The third kappa shape index (κ3) is 8.72. The van der Waals surface area contributed by atoms with Gasteiger partial charge in [-0.2, -0.15) is 0 Å². The van der Waals surface area contributed by atoms with Gasteiger partial charge >= 0.3 is 0 Å². The maximum atomic E-state index is 14.0. The lowest BCUT2D eigenvalue weighted by atomic mass is 10.0. The zero-order valence-corrected chi connectivity index (χ0v) is 28.3. The topological polar surface area (TPSA) is 166 Å². The molecule has 3 aliphatic heterocycles. The number of thioether (sulfide) groups is 1. The molecule has 3 fully saturated rings. The molecule has 0 unspecified atom stereocenters. The van der Waals surface area contributed by atoms with Gasteiger partial charge in [0.2, 0.25) is 34.7 Å². The molecule has 3 heterocycles. The third-order valence-corrected chi connectivity index (χ3v) is 9.10. The van der Waals surface area contributed by atoms with Gasteiger partial charge in [0.15, 0.2) is 0 Å². The Morgan fingerprint density at radius 2 is 1.68 bits per heavy atom. The van der Waals surface area contributed by atoms with Crippen molar-refractivity contribution in [3.63, 3.8) is 0 Å². The zero-order chi connectivity index (χ0) is 33.1. The second-order valence-corrected chi connectivity index (χ2v) is 14.9. The van der Waals surface area contributed by atoms with Gasteiger partial charge in [-0.05, 0) is 72.6 Å². The molecule has 0 saturated carbocycles. The van der Waals surface area contributed by atoms with Gasteiger partial charge in [0, 0.05) is 6.54 Å². The van der Waals surface area contributed by atoms with E-state index < -0.39 is 71.0 Å². The van der Waals surface area contributed by atoms with Crippen LogP contribution in [0, 0.1) is 5.92 Å². The van der Waals surface area contributed by atoms with E-state index in [1.165, 1.54) is 6.92 Å². The Balaban J connectivity index is 2.00. The molecule has 44 heavy (non-hydrogen) atoms. The number of carbonyl (C=O) groups excluding carboxylic acids is 6. The SMILES string of the molecule is CCSC(=O)C(C)(C)NC(=O)[C@H]1[C@@H]2CN2C(=O)[C@H](C(C)C)NC(=O)[C@H](COC(C)(C)C)NC(=O)[C@H](C)NC(=O)[C@@H]2CCCN21. The molecule has 14 heteroatoms. The van der Waals surface area contributed by atoms with E-state index in [2.05, 4.69) is 21.3 Å². The molecule has 0 aliphatic carbocycles. The molecule has 3 rings (SSSR count). The average Bonchev–Trinajstić information content (AvgIpc) is 3.54. The van der Waals surface area contributed by atoms with Crippen molar-refractivity contribution in [3.8, 4) is 0 Å². The Kier molecular flexibility index (Phi) is 11.5. The van der Waals surface area contributed by atoms with Crippen LogP contribution in [0.1, 0.15) is 75.2 Å². The molecule has 5 amide bonds. The lowest BCUT2D eigenvalue weighted by molar-refractivity contribution is -0.138. The van der Waals surface area contributed by atoms with Crippen molar-refractivity contribution in [2.75, 3.05) is 25.4 Å². The van der Waals surface area contributed by atoms with E-state index in [1.54, 1.807) is 37.5 Å². The van der Waals surface area contributed by atoms with E-state index in [0.717, 1.165) is 11.8 Å². The molecule has 0 aromatic carbocycles. The summed E-state index contributed by atoms with van der Waals surface area (Å²) in [6, 6.07) is -5.25. The minimum atomic E-state index is -1.18. The van der Waals surface area contributed by atoms with Crippen molar-refractivity contribution in [1.29, 1.82) is 0 Å². The van der Waals surface area contributed by atoms with Crippen molar-refractivity contribution in [2.24, 2.45) is 5.92 Å². The van der Waals surface area contributed by atoms with Gasteiger partial charge in [-0.15, -0.1) is 0 Å². The Bertz CT molecular complexity index is 1140. The van der Waals surface area contributed by atoms with Crippen LogP contribution in [-0.2, 0) is 33.5 Å². The Morgan fingerprint density at radius 1 is 1.02 bits per heavy atom. The normalized spacial score (nSPS) is 29.1. The van der Waals surface area contributed by atoms with E-state index in [9.17, 15) is 28.8 Å². The fourth-order valence-electron chi connectivity index (χ4n) is 5.51. The monoisotopic (exact) mass is 638 g/mol. The molecule has 6 atom stereocenters. The second kappa shape index (κ2) is 14.2. The molecule has 13 nitrogen and oxygen atoms in total. The quantitative estimate of drug-likeness (QED) is 0.284. The predicted octanol–water partition coefficient (Wildman–Crippen LogP) is 0.164. The highest BCUT2D eigenvalue weighted by molar-refractivity contribution is 8.13. The van der Waals surface area contributed by atoms with E-state index >= 15 is 0 Å². The summed E-state index contributed by atoms with van der Waals surface area (Å²) in [6.45, 7) is 16.3. The summed E-state index contributed by atoms with van der Waals surface area (Å²) in [7, 11) is 0. The molecule has 248 valence electrons. The summed E-state index contributed by atoms with van der Waals surface area (Å²) in [6.07, 6.45) is 1.09. The van der Waals surface area contributed by atoms with Crippen LogP contribution < -0.4 is 21.3 Å². The van der Waals surface area contributed by atoms with Crippen molar-refractivity contribution in [3.05, 3.63) is 0 Å². The van der Waals surface area contributed by atoms with Gasteiger partial charge in [-0.3, -0.25) is 33.7 Å². The Hall–Kier alpha value is -2.71. The molecule has 0 radical (unpaired) electrons. The van der Waals surface area contributed by atoms with Crippen LogP contribution in [0.15, 0.2) is 0 Å². The van der Waals surface area contributed by atoms with Gasteiger partial charge in [-0.1, -0.05) is 32.5 Å². The fourth-order valence-corrected chi connectivity index (χ4v) is 6.18. The largest absolute Gasteiger partial charge is 0.373 e. The first kappa shape index (κ1) is 35.8. The Morgan fingerprint density at radius 3 is 2.27 bits per heavy atom. The summed E-state index contributed by atoms with van der Waals surface area (Å²) in [5.74, 6) is -2.18. The maximum absolute atomic E-state index is 14.0. The summed E-state index contributed by atoms with van der Waals surface area (Å²) in [5, 5.41) is 10.9. The zero-order valence-electron chi connectivity index (χ0n) is 27.4. The lowest BCUT2D eigenvalue weighted by Crippen LogP contribution is -2.61. The van der Waals surface area contributed by atoms with Crippen molar-refractivity contribution >= 4 is 46.4 Å². The van der Waals surface area contributed by atoms with Crippen LogP contribution in [0.4, 0.5) is 0 Å². The third-order valence-electron chi connectivity index (χ3n) is 8.04. The predicted molar refractivity (Wildman–Crippen MR) is 166 cm³/mol. The highest BCUT2D eigenvalue weighted by Gasteiger charge is 2.55. The molecule has 0 aromatic rings. The number of hydrogen-bond acceptors (Lipinski definition) is 9. The highest BCUT2D eigenvalue weighted by Crippen LogP contribution is 2.32. The molecule has 4 N–H and O–H groups in total. The standard InChI is InChI=1S/C30H50N6O7S/c1-10-44-28(42)30(8,9)34-26(40)22-20-14-36(20)27(41)21(16(2)3)33-24(38)18(15-43-29(5,6)7)32-23(37)17(4)31-25(39)19-12-11-13-35(19)22/h16-22H,10-15H2,1-9H3,(H,31,39)(H,32,37)(H,33,38)(H,34,40)/t17-,18-,19-,20-,21-,22+,36?/m0/s1. The van der Waals surface area contributed by atoms with E-state index in [-0.39, 0.29) is 30.1 Å². The van der Waals surface area contributed by atoms with Crippen LogP contribution in [0.2, 0.25) is 0 Å². The minimum Gasteiger partial charge on any atom is -0.373 e. The number of fused-ring (bicyclic) bond motifs is 2. The van der Waals surface area contributed by atoms with Crippen LogP contribution in [-0.4, -0.2) is 117 Å². The number of rotatable bonds is 7. The number of hydrogen-bond donors (Lipinski definition) is 4. The summed E-state index contributed by atoms with van der Waals surface area (Å²) in [5.41, 5.74) is -1.78. The van der Waals surface area contributed by atoms with E-state index in [4.69, 9.17) is 4.74 Å². The van der Waals surface area contributed by atoms with Crippen LogP contribution in [0.25, 0.3) is 0 Å². The maximum Gasteiger partial charge on any atom is 0.245 e. The molecule has 0 spiro atoms. The van der Waals surface area contributed by atoms with Crippen LogP contribution in [0.5, 0.6) is 0 Å². The van der Waals surface area contributed by atoms with E-state index in [0.29, 0.717) is 25.1 Å². The Labute approximate surface area is 264 Å². The van der Waals surface area contributed by atoms with Crippen molar-refractivity contribution in [1.82, 2.24) is 31.1 Å². The highest BCUT2D eigenvalue weighted by atomic mass is 32.2. The fraction of sp³-hybridized carbons (Fsp3) is 0.800. The average molecular weight is 639 g/mol. The summed E-state index contributed by atoms with van der Waals surface area (Å²) < 4.78 is 5.82. The molecular weight excluding hydrogens is 588 g/mol. The van der Waals surface area contributed by atoms with Gasteiger partial charge in [0.1, 0.15) is 29.7 Å². The molecule has 3 saturated heterocycles. The number of nitrogens with one attached hydrogen (secondary N) is 4. The smallest absolute Gasteiger partial charge is 0.245 e. The minimum absolute atomic E-state index is 0.142. The van der Waals surface area contributed by atoms with Crippen LogP contribution in [0.3, 0.4) is 0 Å². The number of carbonyl (C=O) groups is 6. The first-order valence-electron chi connectivity index (χ1n) is 15.5. The van der Waals surface area contributed by atoms with Crippen molar-refractivity contribution in [2.45, 2.75) is 123 Å². The lowest BCUT2D eigenvalue weighted by Gasteiger charge is -2.34. The first-order valence-corrected chi connectivity index (χ1v) is 16.5. The van der Waals surface area contributed by atoms with Crippen LogP contribution >= 0.6 is 11.8 Å². The second-order valence-electron chi connectivity index (χ2n) is 13.7. The van der Waals surface area contributed by atoms with Gasteiger partial charge < -0.3 is 30.9 Å². The molecule has 0 bridgehead atoms. The summed E-state index contributed by atoms with van der Waals surface area (Å²) in [4.78, 5) is 84.2. The van der Waals surface area contributed by atoms with Gasteiger partial charge in [0.05, 0.1) is 24.3 Å². The van der Waals surface area contributed by atoms with E-state index in [1.807, 2.05) is 27.7 Å².